The van der Waals surface area contributed by atoms with E-state index in [0.29, 0.717) is 5.92 Å². The van der Waals surface area contributed by atoms with Crippen LogP contribution in [0.2, 0.25) is 0 Å². The fraction of sp³-hybridized carbons (Fsp3) is 0.667. The maximum absolute atomic E-state index is 3.61. The minimum Gasteiger partial charge on any atom is -0.312 e. The van der Waals surface area contributed by atoms with Gasteiger partial charge in [0.2, 0.25) is 0 Å². The number of hydrogen-bond donors (Lipinski definition) is 1. The molecule has 1 heteroatoms. The summed E-state index contributed by atoms with van der Waals surface area (Å²) in [7, 11) is 0. The van der Waals surface area contributed by atoms with Crippen molar-refractivity contribution in [2.75, 3.05) is 6.54 Å². The summed E-state index contributed by atoms with van der Waals surface area (Å²) in [6.07, 6.45) is 0. The van der Waals surface area contributed by atoms with Gasteiger partial charge >= 0.3 is 0 Å². The van der Waals surface area contributed by atoms with Crippen molar-refractivity contribution in [1.29, 1.82) is 0 Å². The molecule has 0 saturated heterocycles. The topological polar surface area (TPSA) is 12.0 Å². The molecule has 1 N–H and O–H groups in total. The molecule has 0 aromatic heterocycles. The van der Waals surface area contributed by atoms with Crippen molar-refractivity contribution < 1.29 is 0 Å². The Labute approximate surface area is 119 Å². The van der Waals surface area contributed by atoms with Gasteiger partial charge in [0.05, 0.1) is 0 Å². The van der Waals surface area contributed by atoms with Crippen LogP contribution >= 0.6 is 0 Å². The summed E-state index contributed by atoms with van der Waals surface area (Å²) in [6, 6.07) is 9.01. The molecule has 0 aliphatic carbocycles. The molecular formula is C18H31N. The molecule has 0 heterocycles. The molecule has 0 radical (unpaired) electrons. The smallest absolute Gasteiger partial charge is 0.0205 e. The first-order valence-corrected chi connectivity index (χ1v) is 7.71. The van der Waals surface area contributed by atoms with Crippen molar-refractivity contribution in [1.82, 2.24) is 5.32 Å². The van der Waals surface area contributed by atoms with E-state index < -0.39 is 0 Å². The largest absolute Gasteiger partial charge is 0.312 e. The second-order valence-corrected chi connectivity index (χ2v) is 6.68. The van der Waals surface area contributed by atoms with E-state index in [1.54, 1.807) is 0 Å². The summed E-state index contributed by atoms with van der Waals surface area (Å²) in [6.45, 7) is 15.9. The Morgan fingerprint density at radius 1 is 0.842 bits per heavy atom. The van der Waals surface area contributed by atoms with Gasteiger partial charge in [-0.1, -0.05) is 65.8 Å². The molecule has 1 aromatic rings. The van der Waals surface area contributed by atoms with Crippen molar-refractivity contribution in [2.45, 2.75) is 54.0 Å². The van der Waals surface area contributed by atoms with Crippen molar-refractivity contribution in [2.24, 2.45) is 17.8 Å². The van der Waals surface area contributed by atoms with Crippen LogP contribution in [0.4, 0.5) is 0 Å². The summed E-state index contributed by atoms with van der Waals surface area (Å²) in [5.41, 5.74) is 2.81. The third-order valence-electron chi connectivity index (χ3n) is 4.07. The predicted octanol–water partition coefficient (Wildman–Crippen LogP) is 4.83. The van der Waals surface area contributed by atoms with Crippen LogP contribution in [0.15, 0.2) is 24.3 Å². The Bertz CT molecular complexity index is 340. The van der Waals surface area contributed by atoms with Crippen LogP contribution < -0.4 is 5.32 Å². The molecular weight excluding hydrogens is 230 g/mol. The van der Waals surface area contributed by atoms with E-state index in [9.17, 15) is 0 Å². The van der Waals surface area contributed by atoms with Gasteiger partial charge in [-0.3, -0.25) is 0 Å². The van der Waals surface area contributed by atoms with Gasteiger partial charge in [-0.25, -0.2) is 0 Å². The second-order valence-electron chi connectivity index (χ2n) is 6.68. The molecule has 0 aliphatic rings. The lowest BCUT2D eigenvalue weighted by molar-refractivity contribution is 0.275. The quantitative estimate of drug-likeness (QED) is 0.741. The van der Waals surface area contributed by atoms with Gasteiger partial charge in [0.1, 0.15) is 0 Å². The summed E-state index contributed by atoms with van der Waals surface area (Å²) >= 11 is 0. The highest BCUT2D eigenvalue weighted by Crippen LogP contribution is 2.19. The molecule has 0 bridgehead atoms. The normalized spacial score (nSPS) is 12.1. The molecule has 0 amide bonds. The average Bonchev–Trinajstić information content (AvgIpc) is 2.34. The molecule has 108 valence electrons. The van der Waals surface area contributed by atoms with Crippen LogP contribution in [0.3, 0.4) is 0 Å². The van der Waals surface area contributed by atoms with Crippen LogP contribution in [0.5, 0.6) is 0 Å². The monoisotopic (exact) mass is 261 g/mol. The van der Waals surface area contributed by atoms with Crippen LogP contribution in [0, 0.1) is 17.8 Å². The molecule has 0 unspecified atom stereocenters. The van der Waals surface area contributed by atoms with Gasteiger partial charge in [-0.15, -0.1) is 0 Å². The van der Waals surface area contributed by atoms with Gasteiger partial charge in [-0.2, -0.15) is 0 Å². The summed E-state index contributed by atoms with van der Waals surface area (Å²) in [5.74, 6) is 2.87. The highest BCUT2D eigenvalue weighted by molar-refractivity contribution is 5.24. The highest BCUT2D eigenvalue weighted by Gasteiger charge is 2.16. The van der Waals surface area contributed by atoms with Crippen LogP contribution in [0.1, 0.15) is 58.6 Å². The van der Waals surface area contributed by atoms with Gasteiger partial charge < -0.3 is 5.32 Å². The molecule has 1 nitrogen and oxygen atoms in total. The highest BCUT2D eigenvalue weighted by atomic mass is 14.9. The summed E-state index contributed by atoms with van der Waals surface area (Å²) in [4.78, 5) is 0. The van der Waals surface area contributed by atoms with Crippen molar-refractivity contribution >= 4 is 0 Å². The standard InChI is InChI=1S/C18H31N/c1-13(2)17-9-7-16(8-10-17)11-19-12-18(14(3)4)15(5)6/h7-10,13-15,18-19H,11-12H2,1-6H3. The van der Waals surface area contributed by atoms with Crippen LogP contribution in [-0.4, -0.2) is 6.54 Å². The van der Waals surface area contributed by atoms with E-state index in [-0.39, 0.29) is 0 Å². The summed E-state index contributed by atoms with van der Waals surface area (Å²) in [5, 5.41) is 3.61. The lowest BCUT2D eigenvalue weighted by Crippen LogP contribution is -2.29. The average molecular weight is 261 g/mol. The number of nitrogens with one attached hydrogen (secondary N) is 1. The maximum Gasteiger partial charge on any atom is 0.0205 e. The fourth-order valence-corrected chi connectivity index (χ4v) is 2.64. The number of rotatable bonds is 7. The minimum absolute atomic E-state index is 0.619. The summed E-state index contributed by atoms with van der Waals surface area (Å²) < 4.78 is 0. The molecule has 0 spiro atoms. The third-order valence-corrected chi connectivity index (χ3v) is 4.07. The number of benzene rings is 1. The lowest BCUT2D eigenvalue weighted by atomic mass is 9.85. The molecule has 0 fully saturated rings. The molecule has 1 aromatic carbocycles. The van der Waals surface area contributed by atoms with Gasteiger partial charge in [0.25, 0.3) is 0 Å². The maximum atomic E-state index is 3.61. The third kappa shape index (κ3) is 5.36. The predicted molar refractivity (Wildman–Crippen MR) is 85.4 cm³/mol. The molecule has 19 heavy (non-hydrogen) atoms. The molecule has 0 saturated carbocycles. The van der Waals surface area contributed by atoms with E-state index in [0.717, 1.165) is 30.8 Å². The van der Waals surface area contributed by atoms with Crippen LogP contribution in [-0.2, 0) is 6.54 Å². The zero-order chi connectivity index (χ0) is 14.4. The van der Waals surface area contributed by atoms with Crippen molar-refractivity contribution in [3.63, 3.8) is 0 Å². The van der Waals surface area contributed by atoms with Gasteiger partial charge in [0.15, 0.2) is 0 Å². The van der Waals surface area contributed by atoms with E-state index in [2.05, 4.69) is 71.1 Å². The van der Waals surface area contributed by atoms with Crippen molar-refractivity contribution in [3.8, 4) is 0 Å². The zero-order valence-corrected chi connectivity index (χ0v) is 13.5. The molecule has 0 aliphatic heterocycles. The number of hydrogen-bond acceptors (Lipinski definition) is 1. The Hall–Kier alpha value is -0.820. The Morgan fingerprint density at radius 3 is 1.79 bits per heavy atom. The Morgan fingerprint density at radius 2 is 1.37 bits per heavy atom. The molecule has 1 rings (SSSR count). The SMILES string of the molecule is CC(C)c1ccc(CNCC(C(C)C)C(C)C)cc1. The lowest BCUT2D eigenvalue weighted by Gasteiger charge is -2.25. The minimum atomic E-state index is 0.619. The first kappa shape index (κ1) is 16.2. The Balaban J connectivity index is 2.44. The Kier molecular flexibility index (Phi) is 6.57. The zero-order valence-electron chi connectivity index (χ0n) is 13.5. The van der Waals surface area contributed by atoms with Gasteiger partial charge in [0, 0.05) is 6.54 Å². The van der Waals surface area contributed by atoms with E-state index >= 15 is 0 Å². The second kappa shape index (κ2) is 7.69. The van der Waals surface area contributed by atoms with E-state index in [1.807, 2.05) is 0 Å². The first-order chi connectivity index (χ1) is 8.91. The van der Waals surface area contributed by atoms with E-state index in [4.69, 9.17) is 0 Å². The van der Waals surface area contributed by atoms with Gasteiger partial charge in [-0.05, 0) is 41.3 Å². The first-order valence-electron chi connectivity index (χ1n) is 7.71. The fourth-order valence-electron chi connectivity index (χ4n) is 2.64. The molecule has 0 atom stereocenters. The van der Waals surface area contributed by atoms with E-state index in [1.165, 1.54) is 11.1 Å². The van der Waals surface area contributed by atoms with Crippen molar-refractivity contribution in [3.05, 3.63) is 35.4 Å². The van der Waals surface area contributed by atoms with Crippen LogP contribution in [0.25, 0.3) is 0 Å².